The summed E-state index contributed by atoms with van der Waals surface area (Å²) in [5.41, 5.74) is 1.14. The molecule has 0 radical (unpaired) electrons. The molecule has 0 atom stereocenters. The first-order valence-corrected chi connectivity index (χ1v) is 7.01. The average molecular weight is 263 g/mol. The highest BCUT2D eigenvalue weighted by atomic mass is 32.1. The van der Waals surface area contributed by atoms with Gasteiger partial charge in [-0.1, -0.05) is 25.3 Å². The number of rotatable bonds is 2. The van der Waals surface area contributed by atoms with Crippen LogP contribution in [0.5, 0.6) is 0 Å². The maximum absolute atomic E-state index is 5.37. The summed E-state index contributed by atoms with van der Waals surface area (Å²) in [4.78, 5) is 4.39. The highest BCUT2D eigenvalue weighted by Gasteiger charge is 2.27. The van der Waals surface area contributed by atoms with E-state index < -0.39 is 0 Å². The fraction of sp³-hybridized carbons (Fsp3) is 0.571. The Morgan fingerprint density at radius 2 is 2.00 bits per heavy atom. The van der Waals surface area contributed by atoms with E-state index in [-0.39, 0.29) is 5.54 Å². The minimum atomic E-state index is 0.145. The van der Waals surface area contributed by atoms with Gasteiger partial charge in [-0.2, -0.15) is 0 Å². The Balaban J connectivity index is 1.92. The number of nitrogens with one attached hydrogen (secondary N) is 2. The zero-order chi connectivity index (χ0) is 13.0. The van der Waals surface area contributed by atoms with Gasteiger partial charge in [0.25, 0.3) is 0 Å². The molecular weight excluding hydrogens is 242 g/mol. The Morgan fingerprint density at radius 3 is 2.67 bits per heavy atom. The van der Waals surface area contributed by atoms with Crippen LogP contribution < -0.4 is 10.6 Å². The molecule has 1 aromatic rings. The number of anilines is 1. The van der Waals surface area contributed by atoms with E-state index >= 15 is 0 Å². The normalized spacial score (nSPS) is 18.1. The third-order valence-corrected chi connectivity index (χ3v) is 3.71. The highest BCUT2D eigenvalue weighted by Crippen LogP contribution is 2.27. The molecule has 1 fully saturated rings. The van der Waals surface area contributed by atoms with Crippen molar-refractivity contribution in [1.82, 2.24) is 10.3 Å². The van der Waals surface area contributed by atoms with Crippen LogP contribution in [-0.2, 0) is 0 Å². The zero-order valence-electron chi connectivity index (χ0n) is 11.1. The second-order valence-electron chi connectivity index (χ2n) is 5.36. The second-order valence-corrected chi connectivity index (χ2v) is 5.77. The van der Waals surface area contributed by atoms with Crippen LogP contribution in [0.25, 0.3) is 0 Å². The van der Waals surface area contributed by atoms with Gasteiger partial charge in [-0.05, 0) is 51.0 Å². The van der Waals surface area contributed by atoms with Crippen molar-refractivity contribution >= 4 is 23.1 Å². The summed E-state index contributed by atoms with van der Waals surface area (Å²) in [6.07, 6.45) is 6.30. The molecule has 0 amide bonds. The molecule has 0 saturated heterocycles. The van der Waals surface area contributed by atoms with Crippen molar-refractivity contribution in [1.29, 1.82) is 0 Å². The molecule has 1 saturated carbocycles. The van der Waals surface area contributed by atoms with Crippen LogP contribution in [0.2, 0.25) is 0 Å². The Morgan fingerprint density at radius 1 is 1.28 bits per heavy atom. The largest absolute Gasteiger partial charge is 0.357 e. The summed E-state index contributed by atoms with van der Waals surface area (Å²) in [6.45, 7) is 4.23. The number of thiocarbonyl (C=S) groups is 1. The lowest BCUT2D eigenvalue weighted by Crippen LogP contribution is -2.48. The first kappa shape index (κ1) is 13.3. The molecule has 0 aliphatic heterocycles. The fourth-order valence-electron chi connectivity index (χ4n) is 2.49. The molecule has 0 unspecified atom stereocenters. The summed E-state index contributed by atoms with van der Waals surface area (Å²) < 4.78 is 0. The van der Waals surface area contributed by atoms with Gasteiger partial charge in [-0.3, -0.25) is 0 Å². The van der Waals surface area contributed by atoms with Gasteiger partial charge in [0.15, 0.2) is 5.11 Å². The standard InChI is InChI=1S/C14H21N3S/c1-11-7-6-8-12(15-11)16-13(18)17-14(2)9-4-3-5-10-14/h6-8H,3-5,9-10H2,1-2H3,(H2,15,16,17,18). The predicted molar refractivity (Wildman–Crippen MR) is 79.8 cm³/mol. The summed E-state index contributed by atoms with van der Waals surface area (Å²) in [5.74, 6) is 0.812. The first-order chi connectivity index (χ1) is 8.57. The lowest BCUT2D eigenvalue weighted by atomic mass is 9.83. The van der Waals surface area contributed by atoms with Gasteiger partial charge in [0.1, 0.15) is 5.82 Å². The van der Waals surface area contributed by atoms with Crippen molar-refractivity contribution in [3.63, 3.8) is 0 Å². The van der Waals surface area contributed by atoms with E-state index in [1.165, 1.54) is 32.1 Å². The van der Waals surface area contributed by atoms with Crippen LogP contribution in [0.1, 0.15) is 44.7 Å². The van der Waals surface area contributed by atoms with Crippen molar-refractivity contribution in [2.45, 2.75) is 51.5 Å². The molecule has 98 valence electrons. The monoisotopic (exact) mass is 263 g/mol. The molecule has 4 heteroatoms. The van der Waals surface area contributed by atoms with Crippen molar-refractivity contribution in [2.24, 2.45) is 0 Å². The van der Waals surface area contributed by atoms with Crippen LogP contribution in [0, 0.1) is 6.92 Å². The van der Waals surface area contributed by atoms with Crippen LogP contribution in [0.3, 0.4) is 0 Å². The van der Waals surface area contributed by atoms with E-state index in [2.05, 4.69) is 22.5 Å². The van der Waals surface area contributed by atoms with E-state index in [9.17, 15) is 0 Å². The molecule has 0 aromatic carbocycles. The molecule has 0 bridgehead atoms. The van der Waals surface area contributed by atoms with E-state index in [0.29, 0.717) is 5.11 Å². The Labute approximate surface area is 114 Å². The number of hydrogen-bond acceptors (Lipinski definition) is 2. The number of aromatic nitrogens is 1. The van der Waals surface area contributed by atoms with E-state index in [1.54, 1.807) is 0 Å². The van der Waals surface area contributed by atoms with Crippen molar-refractivity contribution in [2.75, 3.05) is 5.32 Å². The number of pyridine rings is 1. The van der Waals surface area contributed by atoms with Gasteiger partial charge in [0.2, 0.25) is 0 Å². The lowest BCUT2D eigenvalue weighted by molar-refractivity contribution is 0.292. The predicted octanol–water partition coefficient (Wildman–Crippen LogP) is 3.40. The van der Waals surface area contributed by atoms with E-state index in [4.69, 9.17) is 12.2 Å². The third kappa shape index (κ3) is 3.67. The topological polar surface area (TPSA) is 37.0 Å². The molecular formula is C14H21N3S. The average Bonchev–Trinajstić information content (AvgIpc) is 2.28. The van der Waals surface area contributed by atoms with Gasteiger partial charge in [-0.15, -0.1) is 0 Å². The smallest absolute Gasteiger partial charge is 0.172 e. The van der Waals surface area contributed by atoms with E-state index in [1.807, 2.05) is 25.1 Å². The summed E-state index contributed by atoms with van der Waals surface area (Å²) in [5, 5.41) is 7.29. The highest BCUT2D eigenvalue weighted by molar-refractivity contribution is 7.80. The maximum atomic E-state index is 5.37. The summed E-state index contributed by atoms with van der Waals surface area (Å²) in [7, 11) is 0. The Hall–Kier alpha value is -1.16. The molecule has 2 rings (SSSR count). The fourth-order valence-corrected chi connectivity index (χ4v) is 2.84. The number of nitrogens with zero attached hydrogens (tertiary/aromatic N) is 1. The maximum Gasteiger partial charge on any atom is 0.172 e. The zero-order valence-corrected chi connectivity index (χ0v) is 11.9. The molecule has 18 heavy (non-hydrogen) atoms. The molecule has 1 aliphatic rings. The summed E-state index contributed by atoms with van der Waals surface area (Å²) in [6, 6.07) is 5.89. The molecule has 2 N–H and O–H groups in total. The van der Waals surface area contributed by atoms with Crippen LogP contribution in [0.15, 0.2) is 18.2 Å². The van der Waals surface area contributed by atoms with Crippen LogP contribution >= 0.6 is 12.2 Å². The van der Waals surface area contributed by atoms with Crippen molar-refractivity contribution in [3.05, 3.63) is 23.9 Å². The minimum absolute atomic E-state index is 0.145. The SMILES string of the molecule is Cc1cccc(NC(=S)NC2(C)CCCCC2)n1. The third-order valence-electron chi connectivity index (χ3n) is 3.50. The Kier molecular flexibility index (Phi) is 4.17. The molecule has 1 aromatic heterocycles. The molecule has 0 spiro atoms. The number of aryl methyl sites for hydroxylation is 1. The van der Waals surface area contributed by atoms with Crippen LogP contribution in [-0.4, -0.2) is 15.6 Å². The molecule has 1 heterocycles. The van der Waals surface area contributed by atoms with Crippen molar-refractivity contribution < 1.29 is 0 Å². The van der Waals surface area contributed by atoms with Crippen molar-refractivity contribution in [3.8, 4) is 0 Å². The first-order valence-electron chi connectivity index (χ1n) is 6.60. The van der Waals surface area contributed by atoms with Gasteiger partial charge < -0.3 is 10.6 Å². The molecule has 1 aliphatic carbocycles. The van der Waals surface area contributed by atoms with Gasteiger partial charge in [0.05, 0.1) is 0 Å². The van der Waals surface area contributed by atoms with Gasteiger partial charge in [0, 0.05) is 11.2 Å². The summed E-state index contributed by atoms with van der Waals surface area (Å²) >= 11 is 5.37. The minimum Gasteiger partial charge on any atom is -0.357 e. The van der Waals surface area contributed by atoms with Gasteiger partial charge >= 0.3 is 0 Å². The Bertz CT molecular complexity index is 425. The second kappa shape index (κ2) is 5.65. The van der Waals surface area contributed by atoms with Crippen LogP contribution in [0.4, 0.5) is 5.82 Å². The lowest BCUT2D eigenvalue weighted by Gasteiger charge is -2.35. The van der Waals surface area contributed by atoms with E-state index in [0.717, 1.165) is 11.5 Å². The van der Waals surface area contributed by atoms with Gasteiger partial charge in [-0.25, -0.2) is 4.98 Å². The number of hydrogen-bond donors (Lipinski definition) is 2. The quantitative estimate of drug-likeness (QED) is 0.802. The molecule has 3 nitrogen and oxygen atoms in total.